The van der Waals surface area contributed by atoms with Gasteiger partial charge in [-0.1, -0.05) is 0 Å². The highest BCUT2D eigenvalue weighted by molar-refractivity contribution is 5.99. The highest BCUT2D eigenvalue weighted by atomic mass is 19.1. The molecule has 1 atom stereocenters. The first-order valence-electron chi connectivity index (χ1n) is 8.59. The summed E-state index contributed by atoms with van der Waals surface area (Å²) in [4.78, 5) is 39.4. The second kappa shape index (κ2) is 8.03. The number of hydrogen-bond acceptors (Lipinski definition) is 4. The minimum atomic E-state index is -0.551. The van der Waals surface area contributed by atoms with Crippen molar-refractivity contribution in [2.75, 3.05) is 18.0 Å². The van der Waals surface area contributed by atoms with Crippen LogP contribution in [0.25, 0.3) is 0 Å². The average Bonchev–Trinajstić information content (AvgIpc) is 3.27. The van der Waals surface area contributed by atoms with Gasteiger partial charge in [0.1, 0.15) is 11.6 Å². The van der Waals surface area contributed by atoms with Crippen LogP contribution >= 0.6 is 0 Å². The van der Waals surface area contributed by atoms with Crippen LogP contribution < -0.4 is 10.6 Å². The van der Waals surface area contributed by atoms with Crippen LogP contribution in [0.4, 0.5) is 10.1 Å². The Kier molecular flexibility index (Phi) is 5.54. The zero-order valence-electron chi connectivity index (χ0n) is 14.6. The number of nitrogens with zero attached hydrogens (tertiary/aromatic N) is 2. The molecule has 0 bridgehead atoms. The zero-order valence-corrected chi connectivity index (χ0v) is 14.6. The molecule has 1 fully saturated rings. The lowest BCUT2D eigenvalue weighted by Crippen LogP contribution is -2.39. The number of benzene rings is 1. The molecule has 1 aliphatic heterocycles. The molecule has 3 amide bonds. The van der Waals surface area contributed by atoms with Crippen molar-refractivity contribution in [1.82, 2.24) is 4.90 Å². The van der Waals surface area contributed by atoms with Crippen LogP contribution in [-0.4, -0.2) is 35.7 Å². The van der Waals surface area contributed by atoms with Gasteiger partial charge in [-0.3, -0.25) is 14.4 Å². The molecule has 1 aromatic carbocycles. The van der Waals surface area contributed by atoms with Crippen LogP contribution in [0.3, 0.4) is 0 Å². The van der Waals surface area contributed by atoms with E-state index in [-0.39, 0.29) is 37.7 Å². The largest absolute Gasteiger partial charge is 0.467 e. The number of carbonyl (C=O) groups excluding carboxylic acids is 3. The van der Waals surface area contributed by atoms with E-state index in [1.54, 1.807) is 17.0 Å². The summed E-state index contributed by atoms with van der Waals surface area (Å²) in [5, 5.41) is 0. The fraction of sp³-hybridized carbons (Fsp3) is 0.316. The van der Waals surface area contributed by atoms with E-state index in [1.165, 1.54) is 35.4 Å². The van der Waals surface area contributed by atoms with Crippen LogP contribution in [0.1, 0.15) is 18.6 Å². The maximum atomic E-state index is 13.2. The van der Waals surface area contributed by atoms with Gasteiger partial charge < -0.3 is 20.0 Å². The number of amides is 3. The summed E-state index contributed by atoms with van der Waals surface area (Å²) in [5.74, 6) is -1.32. The molecule has 2 N–H and O–H groups in total. The fourth-order valence-corrected chi connectivity index (χ4v) is 3.11. The molecule has 0 radical (unpaired) electrons. The molecule has 7 nitrogen and oxygen atoms in total. The van der Waals surface area contributed by atoms with E-state index in [9.17, 15) is 18.8 Å². The molecule has 1 aromatic heterocycles. The predicted molar refractivity (Wildman–Crippen MR) is 94.8 cm³/mol. The Balaban J connectivity index is 1.74. The van der Waals surface area contributed by atoms with Crippen molar-refractivity contribution in [2.45, 2.75) is 19.4 Å². The first kappa shape index (κ1) is 18.6. The highest BCUT2D eigenvalue weighted by Crippen LogP contribution is 2.25. The summed E-state index contributed by atoms with van der Waals surface area (Å²) in [5.41, 5.74) is 5.66. The minimum absolute atomic E-state index is 0.0279. The fourth-order valence-electron chi connectivity index (χ4n) is 3.11. The number of furan rings is 1. The van der Waals surface area contributed by atoms with E-state index >= 15 is 0 Å². The summed E-state index contributed by atoms with van der Waals surface area (Å²) >= 11 is 0. The number of anilines is 1. The summed E-state index contributed by atoms with van der Waals surface area (Å²) < 4.78 is 18.5. The topological polar surface area (TPSA) is 96.8 Å². The molecule has 27 heavy (non-hydrogen) atoms. The normalized spacial score (nSPS) is 16.6. The van der Waals surface area contributed by atoms with Crippen molar-refractivity contribution in [1.29, 1.82) is 0 Å². The van der Waals surface area contributed by atoms with Gasteiger partial charge in [0.15, 0.2) is 0 Å². The highest BCUT2D eigenvalue weighted by Gasteiger charge is 2.37. The maximum Gasteiger partial charge on any atom is 0.232 e. The SMILES string of the molecule is NC(=O)CCN(C(=O)C1CC(=O)N(Cc2ccco2)C1)c1ccc(F)cc1. The maximum absolute atomic E-state index is 13.2. The van der Waals surface area contributed by atoms with E-state index in [0.29, 0.717) is 18.0 Å². The van der Waals surface area contributed by atoms with Crippen LogP contribution in [0, 0.1) is 11.7 Å². The zero-order chi connectivity index (χ0) is 19.4. The standard InChI is InChI=1S/C19H20FN3O4/c20-14-3-5-15(6-4-14)23(8-7-17(21)24)19(26)13-10-18(25)22(11-13)12-16-2-1-9-27-16/h1-6,9,13H,7-8,10-12H2,(H2,21,24). The van der Waals surface area contributed by atoms with Crippen LogP contribution in [0.15, 0.2) is 47.1 Å². The van der Waals surface area contributed by atoms with Crippen molar-refractivity contribution in [3.8, 4) is 0 Å². The van der Waals surface area contributed by atoms with E-state index in [2.05, 4.69) is 0 Å². The van der Waals surface area contributed by atoms with Crippen molar-refractivity contribution >= 4 is 23.4 Å². The number of primary amides is 1. The molecule has 1 aliphatic rings. The van der Waals surface area contributed by atoms with Crippen LogP contribution in [-0.2, 0) is 20.9 Å². The lowest BCUT2D eigenvalue weighted by Gasteiger charge is -2.25. The van der Waals surface area contributed by atoms with Gasteiger partial charge in [-0.05, 0) is 36.4 Å². The van der Waals surface area contributed by atoms with Crippen molar-refractivity contribution in [3.05, 3.63) is 54.2 Å². The van der Waals surface area contributed by atoms with Gasteiger partial charge in [-0.2, -0.15) is 0 Å². The lowest BCUT2D eigenvalue weighted by atomic mass is 10.1. The van der Waals surface area contributed by atoms with E-state index in [4.69, 9.17) is 10.2 Å². The van der Waals surface area contributed by atoms with Gasteiger partial charge in [0.05, 0.1) is 18.7 Å². The smallest absolute Gasteiger partial charge is 0.232 e. The Bertz CT molecular complexity index is 820. The molecule has 3 rings (SSSR count). The molecule has 0 spiro atoms. The van der Waals surface area contributed by atoms with Gasteiger partial charge in [0.2, 0.25) is 17.7 Å². The molecule has 0 saturated carbocycles. The first-order valence-corrected chi connectivity index (χ1v) is 8.59. The third kappa shape index (κ3) is 4.52. The van der Waals surface area contributed by atoms with Crippen LogP contribution in [0.2, 0.25) is 0 Å². The van der Waals surface area contributed by atoms with Gasteiger partial charge in [0.25, 0.3) is 0 Å². The summed E-state index contributed by atoms with van der Waals surface area (Å²) in [6.07, 6.45) is 1.58. The van der Waals surface area contributed by atoms with Gasteiger partial charge in [-0.25, -0.2) is 4.39 Å². The lowest BCUT2D eigenvalue weighted by molar-refractivity contribution is -0.129. The van der Waals surface area contributed by atoms with E-state index in [0.717, 1.165) is 0 Å². The quantitative estimate of drug-likeness (QED) is 0.798. The van der Waals surface area contributed by atoms with Crippen LogP contribution in [0.5, 0.6) is 0 Å². The average molecular weight is 373 g/mol. The molecule has 2 aromatic rings. The number of rotatable bonds is 7. The molecule has 0 aliphatic carbocycles. The first-order chi connectivity index (χ1) is 12.9. The molecule has 8 heteroatoms. The summed E-state index contributed by atoms with van der Waals surface area (Å²) in [6.45, 7) is 0.628. The van der Waals surface area contributed by atoms with Crippen molar-refractivity contribution in [3.63, 3.8) is 0 Å². The summed E-state index contributed by atoms with van der Waals surface area (Å²) in [6, 6.07) is 8.90. The Morgan fingerprint density at radius 3 is 2.63 bits per heavy atom. The van der Waals surface area contributed by atoms with Gasteiger partial charge in [-0.15, -0.1) is 0 Å². The van der Waals surface area contributed by atoms with Gasteiger partial charge >= 0.3 is 0 Å². The Morgan fingerprint density at radius 2 is 2.00 bits per heavy atom. The predicted octanol–water partition coefficient (Wildman–Crippen LogP) is 1.68. The Morgan fingerprint density at radius 1 is 1.26 bits per heavy atom. The third-order valence-electron chi connectivity index (χ3n) is 4.48. The number of likely N-dealkylation sites (tertiary alicyclic amines) is 1. The number of halogens is 1. The molecule has 1 unspecified atom stereocenters. The van der Waals surface area contributed by atoms with E-state index < -0.39 is 17.6 Å². The number of hydrogen-bond donors (Lipinski definition) is 1. The number of carbonyl (C=O) groups is 3. The summed E-state index contributed by atoms with van der Waals surface area (Å²) in [7, 11) is 0. The minimum Gasteiger partial charge on any atom is -0.467 e. The van der Waals surface area contributed by atoms with E-state index in [1.807, 2.05) is 0 Å². The molecule has 142 valence electrons. The molecular formula is C19H20FN3O4. The second-order valence-electron chi connectivity index (χ2n) is 6.44. The monoisotopic (exact) mass is 373 g/mol. The second-order valence-corrected chi connectivity index (χ2v) is 6.44. The molecule has 2 heterocycles. The van der Waals surface area contributed by atoms with Crippen molar-refractivity contribution in [2.24, 2.45) is 11.7 Å². The van der Waals surface area contributed by atoms with Crippen molar-refractivity contribution < 1.29 is 23.2 Å². The third-order valence-corrected chi connectivity index (χ3v) is 4.48. The van der Waals surface area contributed by atoms with Gasteiger partial charge in [0, 0.05) is 31.6 Å². The number of nitrogens with two attached hydrogens (primary N) is 1. The Hall–Kier alpha value is -3.16. The molecular weight excluding hydrogens is 353 g/mol. The molecule has 1 saturated heterocycles. The Labute approximate surface area is 155 Å².